The van der Waals surface area contributed by atoms with Gasteiger partial charge in [-0.15, -0.1) is 0 Å². The number of Topliss-reactive ketones (excluding diaryl/α,β-unsaturated/α-hetero) is 1. The first kappa shape index (κ1) is 13.7. The van der Waals surface area contributed by atoms with Crippen molar-refractivity contribution in [2.45, 2.75) is 26.2 Å². The highest BCUT2D eigenvalue weighted by Crippen LogP contribution is 2.33. The maximum Gasteiger partial charge on any atom is 0.161 e. The van der Waals surface area contributed by atoms with E-state index >= 15 is 0 Å². The van der Waals surface area contributed by atoms with Gasteiger partial charge in [-0.2, -0.15) is 0 Å². The Hall–Kier alpha value is -2.29. The lowest BCUT2D eigenvalue weighted by atomic mass is 10.1. The zero-order valence-corrected chi connectivity index (χ0v) is 12.3. The van der Waals surface area contributed by atoms with Crippen molar-refractivity contribution in [3.63, 3.8) is 0 Å². The normalized spacial score (nSPS) is 14.4. The van der Waals surface area contributed by atoms with Crippen LogP contribution in [-0.2, 0) is 6.42 Å². The molecule has 21 heavy (non-hydrogen) atoms. The predicted octanol–water partition coefficient (Wildman–Crippen LogP) is 3.95. The van der Waals surface area contributed by atoms with Gasteiger partial charge >= 0.3 is 0 Å². The Morgan fingerprint density at radius 2 is 1.95 bits per heavy atom. The molecule has 0 saturated heterocycles. The number of rotatable bonds is 2. The maximum absolute atomic E-state index is 11.7. The molecule has 3 rings (SSSR count). The van der Waals surface area contributed by atoms with Crippen molar-refractivity contribution in [1.29, 1.82) is 0 Å². The molecule has 108 valence electrons. The van der Waals surface area contributed by atoms with E-state index in [-0.39, 0.29) is 5.78 Å². The Labute approximate surface area is 125 Å². The summed E-state index contributed by atoms with van der Waals surface area (Å²) in [6, 6.07) is 14.3. The van der Waals surface area contributed by atoms with Gasteiger partial charge in [0.25, 0.3) is 0 Å². The molecule has 0 spiro atoms. The minimum absolute atomic E-state index is 0.0115. The van der Waals surface area contributed by atoms with E-state index in [9.17, 15) is 4.79 Å². The molecule has 2 N–H and O–H groups in total. The van der Waals surface area contributed by atoms with Crippen molar-refractivity contribution in [3.8, 4) is 0 Å². The third kappa shape index (κ3) is 2.64. The Morgan fingerprint density at radius 3 is 2.76 bits per heavy atom. The third-order valence-corrected chi connectivity index (χ3v) is 4.09. The SMILES string of the molecule is CC(=O)c1cc(N2CCCCc3ccccc32)ccc1N. The van der Waals surface area contributed by atoms with Crippen molar-refractivity contribution in [2.75, 3.05) is 17.2 Å². The van der Waals surface area contributed by atoms with Crippen LogP contribution < -0.4 is 10.6 Å². The molecule has 0 saturated carbocycles. The zero-order chi connectivity index (χ0) is 14.8. The molecule has 1 aliphatic heterocycles. The molecule has 2 aromatic rings. The van der Waals surface area contributed by atoms with E-state index in [0.717, 1.165) is 25.1 Å². The van der Waals surface area contributed by atoms with Crippen LogP contribution in [0.1, 0.15) is 35.7 Å². The number of nitrogens with two attached hydrogens (primary N) is 1. The molecular formula is C18H20N2O. The van der Waals surface area contributed by atoms with Crippen LogP contribution in [0.15, 0.2) is 42.5 Å². The number of anilines is 3. The standard InChI is InChI=1S/C18H20N2O/c1-13(21)16-12-15(9-10-17(16)19)20-11-5-4-7-14-6-2-3-8-18(14)20/h2-3,6,8-10,12H,4-5,7,11,19H2,1H3. The van der Waals surface area contributed by atoms with Gasteiger partial charge in [-0.1, -0.05) is 18.2 Å². The topological polar surface area (TPSA) is 46.3 Å². The van der Waals surface area contributed by atoms with Crippen LogP contribution in [0, 0.1) is 0 Å². The fraction of sp³-hybridized carbons (Fsp3) is 0.278. The number of carbonyl (C=O) groups excluding carboxylic acids is 1. The fourth-order valence-electron chi connectivity index (χ4n) is 2.98. The largest absolute Gasteiger partial charge is 0.398 e. The highest BCUT2D eigenvalue weighted by Gasteiger charge is 2.17. The maximum atomic E-state index is 11.7. The van der Waals surface area contributed by atoms with Gasteiger partial charge in [0.15, 0.2) is 5.78 Å². The molecule has 0 aliphatic carbocycles. The number of ketones is 1. The second-order valence-electron chi connectivity index (χ2n) is 5.57. The van der Waals surface area contributed by atoms with Gasteiger partial charge in [-0.25, -0.2) is 0 Å². The van der Waals surface area contributed by atoms with Gasteiger partial charge in [-0.3, -0.25) is 4.79 Å². The summed E-state index contributed by atoms with van der Waals surface area (Å²) in [5.74, 6) is 0.0115. The second-order valence-corrected chi connectivity index (χ2v) is 5.57. The Bertz CT molecular complexity index is 679. The monoisotopic (exact) mass is 280 g/mol. The molecule has 3 nitrogen and oxygen atoms in total. The summed E-state index contributed by atoms with van der Waals surface area (Å²) in [6.45, 7) is 2.53. The van der Waals surface area contributed by atoms with Crippen LogP contribution in [0.2, 0.25) is 0 Å². The number of nitrogens with zero attached hydrogens (tertiary/aromatic N) is 1. The molecule has 0 amide bonds. The first-order valence-corrected chi connectivity index (χ1v) is 7.43. The second kappa shape index (κ2) is 5.60. The van der Waals surface area contributed by atoms with Crippen molar-refractivity contribution >= 4 is 22.8 Å². The number of hydrogen-bond donors (Lipinski definition) is 1. The lowest BCUT2D eigenvalue weighted by molar-refractivity contribution is 0.101. The predicted molar refractivity (Wildman–Crippen MR) is 87.2 cm³/mol. The summed E-state index contributed by atoms with van der Waals surface area (Å²) in [4.78, 5) is 14.0. The lowest BCUT2D eigenvalue weighted by Crippen LogP contribution is -2.18. The summed E-state index contributed by atoms with van der Waals surface area (Å²) in [5, 5.41) is 0. The van der Waals surface area contributed by atoms with Crippen molar-refractivity contribution in [1.82, 2.24) is 0 Å². The van der Waals surface area contributed by atoms with E-state index in [1.54, 1.807) is 6.92 Å². The van der Waals surface area contributed by atoms with Gasteiger partial charge in [0.2, 0.25) is 0 Å². The lowest BCUT2D eigenvalue weighted by Gasteiger charge is -2.25. The van der Waals surface area contributed by atoms with E-state index in [4.69, 9.17) is 5.73 Å². The molecule has 1 heterocycles. The molecule has 0 unspecified atom stereocenters. The highest BCUT2D eigenvalue weighted by molar-refractivity contribution is 6.00. The molecule has 0 aromatic heterocycles. The number of hydrogen-bond acceptors (Lipinski definition) is 3. The average molecular weight is 280 g/mol. The van der Waals surface area contributed by atoms with E-state index in [1.165, 1.54) is 17.7 Å². The Kier molecular flexibility index (Phi) is 3.65. The van der Waals surface area contributed by atoms with Gasteiger partial charge in [-0.05, 0) is 56.0 Å². The quantitative estimate of drug-likeness (QED) is 0.669. The summed E-state index contributed by atoms with van der Waals surface area (Å²) in [7, 11) is 0. The average Bonchev–Trinajstić information content (AvgIpc) is 2.70. The minimum atomic E-state index is 0.0115. The molecule has 2 aromatic carbocycles. The zero-order valence-electron chi connectivity index (χ0n) is 12.3. The highest BCUT2D eigenvalue weighted by atomic mass is 16.1. The van der Waals surface area contributed by atoms with E-state index in [1.807, 2.05) is 18.2 Å². The molecule has 1 aliphatic rings. The van der Waals surface area contributed by atoms with E-state index in [2.05, 4.69) is 29.2 Å². The molecule has 0 fully saturated rings. The van der Waals surface area contributed by atoms with Crippen LogP contribution in [0.4, 0.5) is 17.1 Å². The smallest absolute Gasteiger partial charge is 0.161 e. The number of aryl methyl sites for hydroxylation is 1. The van der Waals surface area contributed by atoms with Crippen molar-refractivity contribution in [2.24, 2.45) is 0 Å². The first-order chi connectivity index (χ1) is 10.2. The third-order valence-electron chi connectivity index (χ3n) is 4.09. The Morgan fingerprint density at radius 1 is 1.14 bits per heavy atom. The summed E-state index contributed by atoms with van der Waals surface area (Å²) >= 11 is 0. The summed E-state index contributed by atoms with van der Waals surface area (Å²) in [5.41, 5.74) is 10.7. The number of nitrogen functional groups attached to an aromatic ring is 1. The molecule has 0 radical (unpaired) electrons. The molecule has 0 atom stereocenters. The van der Waals surface area contributed by atoms with Gasteiger partial charge in [0.1, 0.15) is 0 Å². The van der Waals surface area contributed by atoms with Crippen molar-refractivity contribution < 1.29 is 4.79 Å². The van der Waals surface area contributed by atoms with Crippen molar-refractivity contribution in [3.05, 3.63) is 53.6 Å². The van der Waals surface area contributed by atoms with Crippen LogP contribution in [0.3, 0.4) is 0 Å². The summed E-state index contributed by atoms with van der Waals surface area (Å²) in [6.07, 6.45) is 3.46. The number of para-hydroxylation sites is 1. The molecule has 0 bridgehead atoms. The minimum Gasteiger partial charge on any atom is -0.398 e. The molecule has 3 heteroatoms. The van der Waals surface area contributed by atoms with Crippen LogP contribution in [0.5, 0.6) is 0 Å². The first-order valence-electron chi connectivity index (χ1n) is 7.43. The van der Waals surface area contributed by atoms with Crippen LogP contribution in [-0.4, -0.2) is 12.3 Å². The van der Waals surface area contributed by atoms with Crippen LogP contribution >= 0.6 is 0 Å². The van der Waals surface area contributed by atoms with E-state index in [0.29, 0.717) is 11.3 Å². The van der Waals surface area contributed by atoms with Crippen LogP contribution in [0.25, 0.3) is 0 Å². The number of carbonyl (C=O) groups is 1. The van der Waals surface area contributed by atoms with Gasteiger partial charge in [0, 0.05) is 29.2 Å². The molecular weight excluding hydrogens is 260 g/mol. The summed E-state index contributed by atoms with van der Waals surface area (Å²) < 4.78 is 0. The van der Waals surface area contributed by atoms with E-state index < -0.39 is 0 Å². The number of fused-ring (bicyclic) bond motifs is 1. The number of benzene rings is 2. The van der Waals surface area contributed by atoms with Gasteiger partial charge < -0.3 is 10.6 Å². The Balaban J connectivity index is 2.08. The fourth-order valence-corrected chi connectivity index (χ4v) is 2.98. The van der Waals surface area contributed by atoms with Gasteiger partial charge in [0.05, 0.1) is 0 Å².